The van der Waals surface area contributed by atoms with E-state index in [4.69, 9.17) is 0 Å². The number of benzene rings is 1. The van der Waals surface area contributed by atoms with Crippen LogP contribution in [0.2, 0.25) is 0 Å². The Kier molecular flexibility index (Phi) is 5.03. The Balaban J connectivity index is 2.37. The molecule has 0 aliphatic rings. The van der Waals surface area contributed by atoms with Crippen LogP contribution < -0.4 is 0 Å². The van der Waals surface area contributed by atoms with Crippen molar-refractivity contribution < 1.29 is 8.42 Å². The summed E-state index contributed by atoms with van der Waals surface area (Å²) in [4.78, 5) is 0.385. The second-order valence-electron chi connectivity index (χ2n) is 5.63. The molecule has 0 fully saturated rings. The van der Waals surface area contributed by atoms with Gasteiger partial charge < -0.3 is 0 Å². The third kappa shape index (κ3) is 3.56. The Morgan fingerprint density at radius 3 is 2.55 bits per heavy atom. The van der Waals surface area contributed by atoms with E-state index in [-0.39, 0.29) is 0 Å². The zero-order valence-electron chi connectivity index (χ0n) is 13.6. The van der Waals surface area contributed by atoms with Gasteiger partial charge in [0, 0.05) is 31.9 Å². The molecule has 0 saturated carbocycles. The highest BCUT2D eigenvalue weighted by Crippen LogP contribution is 2.22. The maximum atomic E-state index is 13.0. The van der Waals surface area contributed by atoms with E-state index in [2.05, 4.69) is 5.10 Å². The predicted octanol–water partition coefficient (Wildman–Crippen LogP) is 2.64. The quantitative estimate of drug-likeness (QED) is 0.822. The van der Waals surface area contributed by atoms with Crippen molar-refractivity contribution in [2.45, 2.75) is 38.6 Å². The fourth-order valence-corrected chi connectivity index (χ4v) is 4.24. The average molecular weight is 321 g/mol. The molecule has 1 aromatic heterocycles. The number of aromatic nitrogens is 2. The predicted molar refractivity (Wildman–Crippen MR) is 87.0 cm³/mol. The van der Waals surface area contributed by atoms with Gasteiger partial charge in [0.05, 0.1) is 11.1 Å². The number of aryl methyl sites for hydroxylation is 3. The molecule has 1 heterocycles. The van der Waals surface area contributed by atoms with Crippen LogP contribution in [-0.2, 0) is 23.6 Å². The third-order valence-electron chi connectivity index (χ3n) is 3.54. The molecule has 2 aromatic rings. The zero-order chi connectivity index (χ0) is 16.3. The van der Waals surface area contributed by atoms with Crippen LogP contribution in [0.3, 0.4) is 0 Å². The number of nitrogens with zero attached hydrogens (tertiary/aromatic N) is 3. The minimum Gasteiger partial charge on any atom is -0.275 e. The fraction of sp³-hybridized carbons (Fsp3) is 0.438. The molecule has 1 aromatic carbocycles. The van der Waals surface area contributed by atoms with Crippen LogP contribution in [0.25, 0.3) is 0 Å². The lowest BCUT2D eigenvalue weighted by Crippen LogP contribution is -2.31. The second kappa shape index (κ2) is 6.62. The van der Waals surface area contributed by atoms with Crippen molar-refractivity contribution in [2.24, 2.45) is 7.05 Å². The smallest absolute Gasteiger partial charge is 0.243 e. The summed E-state index contributed by atoms with van der Waals surface area (Å²) in [5, 5.41) is 4.11. The number of sulfonamides is 1. The van der Waals surface area contributed by atoms with Crippen molar-refractivity contribution in [3.8, 4) is 0 Å². The Bertz CT molecular complexity index is 751. The Morgan fingerprint density at radius 2 is 2.00 bits per heavy atom. The molecule has 0 saturated heterocycles. The van der Waals surface area contributed by atoms with Crippen LogP contribution in [-0.4, -0.2) is 29.0 Å². The molecule has 0 aliphatic heterocycles. The van der Waals surface area contributed by atoms with Gasteiger partial charge in [-0.1, -0.05) is 24.6 Å². The molecule has 0 bridgehead atoms. The van der Waals surface area contributed by atoms with Crippen LogP contribution in [0.1, 0.15) is 30.0 Å². The standard InChI is InChI=1S/C16H23N3O2S/c1-5-8-19(12-15-10-17-18(4)11-15)22(20,21)16-7-6-13(2)9-14(16)3/h6-7,9-11H,5,8,12H2,1-4H3. The van der Waals surface area contributed by atoms with E-state index in [1.165, 1.54) is 4.31 Å². The lowest BCUT2D eigenvalue weighted by Gasteiger charge is -2.22. The normalized spacial score (nSPS) is 12.0. The minimum atomic E-state index is -3.50. The van der Waals surface area contributed by atoms with Gasteiger partial charge in [0.1, 0.15) is 0 Å². The van der Waals surface area contributed by atoms with Crippen molar-refractivity contribution in [2.75, 3.05) is 6.54 Å². The first-order chi connectivity index (χ1) is 10.3. The lowest BCUT2D eigenvalue weighted by atomic mass is 10.2. The first-order valence-corrected chi connectivity index (χ1v) is 8.83. The molecular formula is C16H23N3O2S. The highest BCUT2D eigenvalue weighted by molar-refractivity contribution is 7.89. The van der Waals surface area contributed by atoms with E-state index < -0.39 is 10.0 Å². The van der Waals surface area contributed by atoms with Crippen LogP contribution in [0.5, 0.6) is 0 Å². The van der Waals surface area contributed by atoms with E-state index in [1.54, 1.807) is 16.9 Å². The van der Waals surface area contributed by atoms with Gasteiger partial charge in [-0.15, -0.1) is 0 Å². The largest absolute Gasteiger partial charge is 0.275 e. The molecular weight excluding hydrogens is 298 g/mol. The van der Waals surface area contributed by atoms with Crippen molar-refractivity contribution in [1.82, 2.24) is 14.1 Å². The maximum absolute atomic E-state index is 13.0. The Morgan fingerprint density at radius 1 is 1.27 bits per heavy atom. The van der Waals surface area contributed by atoms with Crippen LogP contribution in [0, 0.1) is 13.8 Å². The maximum Gasteiger partial charge on any atom is 0.243 e. The lowest BCUT2D eigenvalue weighted by molar-refractivity contribution is 0.405. The van der Waals surface area contributed by atoms with E-state index >= 15 is 0 Å². The van der Waals surface area contributed by atoms with Crippen molar-refractivity contribution in [3.05, 3.63) is 47.3 Å². The summed E-state index contributed by atoms with van der Waals surface area (Å²) >= 11 is 0. The van der Waals surface area contributed by atoms with E-state index in [1.807, 2.05) is 46.1 Å². The molecule has 0 spiro atoms. The highest BCUT2D eigenvalue weighted by Gasteiger charge is 2.25. The summed E-state index contributed by atoms with van der Waals surface area (Å²) < 4.78 is 29.1. The molecule has 2 rings (SSSR count). The molecule has 0 aliphatic carbocycles. The topological polar surface area (TPSA) is 55.2 Å². The first-order valence-electron chi connectivity index (χ1n) is 7.39. The van der Waals surface area contributed by atoms with Gasteiger partial charge in [0.25, 0.3) is 0 Å². The van der Waals surface area contributed by atoms with Crippen LogP contribution in [0.15, 0.2) is 35.5 Å². The molecule has 6 heteroatoms. The summed E-state index contributed by atoms with van der Waals surface area (Å²) in [7, 11) is -1.68. The molecule has 0 radical (unpaired) electrons. The summed E-state index contributed by atoms with van der Waals surface area (Å²) in [6.45, 7) is 6.62. The van der Waals surface area contributed by atoms with Gasteiger partial charge in [0.15, 0.2) is 0 Å². The monoisotopic (exact) mass is 321 g/mol. The second-order valence-corrected chi connectivity index (χ2v) is 7.54. The molecule has 120 valence electrons. The minimum absolute atomic E-state index is 0.345. The van der Waals surface area contributed by atoms with Gasteiger partial charge in [-0.2, -0.15) is 9.40 Å². The van der Waals surface area contributed by atoms with E-state index in [0.29, 0.717) is 18.0 Å². The number of hydrogen-bond acceptors (Lipinski definition) is 3. The first kappa shape index (κ1) is 16.7. The average Bonchev–Trinajstić information content (AvgIpc) is 2.83. The molecule has 0 atom stereocenters. The Hall–Kier alpha value is -1.66. The molecule has 0 unspecified atom stereocenters. The highest BCUT2D eigenvalue weighted by atomic mass is 32.2. The van der Waals surface area contributed by atoms with Gasteiger partial charge in [-0.3, -0.25) is 4.68 Å². The Labute approximate surface area is 132 Å². The van der Waals surface area contributed by atoms with E-state index in [9.17, 15) is 8.42 Å². The van der Waals surface area contributed by atoms with Gasteiger partial charge in [0.2, 0.25) is 10.0 Å². The van der Waals surface area contributed by atoms with Crippen molar-refractivity contribution in [1.29, 1.82) is 0 Å². The number of hydrogen-bond donors (Lipinski definition) is 0. The summed E-state index contributed by atoms with van der Waals surface area (Å²) in [5.41, 5.74) is 2.74. The SMILES string of the molecule is CCCN(Cc1cnn(C)c1)S(=O)(=O)c1ccc(C)cc1C. The number of rotatable bonds is 6. The summed E-state index contributed by atoms with van der Waals surface area (Å²) in [6, 6.07) is 5.45. The van der Waals surface area contributed by atoms with Crippen molar-refractivity contribution in [3.63, 3.8) is 0 Å². The molecule has 22 heavy (non-hydrogen) atoms. The summed E-state index contributed by atoms with van der Waals surface area (Å²) in [6.07, 6.45) is 4.32. The van der Waals surface area contributed by atoms with Crippen LogP contribution >= 0.6 is 0 Å². The van der Waals surface area contributed by atoms with Crippen LogP contribution in [0.4, 0.5) is 0 Å². The van der Waals surface area contributed by atoms with E-state index in [0.717, 1.165) is 23.1 Å². The third-order valence-corrected chi connectivity index (χ3v) is 5.54. The fourth-order valence-electron chi connectivity index (χ4n) is 2.52. The molecule has 0 amide bonds. The van der Waals surface area contributed by atoms with Gasteiger partial charge >= 0.3 is 0 Å². The zero-order valence-corrected chi connectivity index (χ0v) is 14.4. The van der Waals surface area contributed by atoms with Gasteiger partial charge in [-0.05, 0) is 31.9 Å². The van der Waals surface area contributed by atoms with Crippen molar-refractivity contribution >= 4 is 10.0 Å². The summed E-state index contributed by atoms with van der Waals surface area (Å²) in [5.74, 6) is 0. The molecule has 5 nitrogen and oxygen atoms in total. The molecule has 0 N–H and O–H groups in total. The van der Waals surface area contributed by atoms with Gasteiger partial charge in [-0.25, -0.2) is 8.42 Å².